The SMILES string of the molecule is C=CC(=O)C1NCC2CC(n3nc(-c4ccc5ncoc5c4)c4c(N)ncnc43)C=C21. The Hall–Kier alpha value is -3.85. The summed E-state index contributed by atoms with van der Waals surface area (Å²) in [5.74, 6) is 0.648. The van der Waals surface area contributed by atoms with Crippen LogP contribution < -0.4 is 11.1 Å². The lowest BCUT2D eigenvalue weighted by Crippen LogP contribution is -2.30. The molecule has 3 unspecified atom stereocenters. The summed E-state index contributed by atoms with van der Waals surface area (Å²) < 4.78 is 7.36. The molecule has 9 heteroatoms. The Morgan fingerprint density at radius 3 is 3.10 bits per heavy atom. The molecule has 0 spiro atoms. The highest BCUT2D eigenvalue weighted by atomic mass is 16.3. The van der Waals surface area contributed by atoms with Crippen LogP contribution >= 0.6 is 0 Å². The van der Waals surface area contributed by atoms with Gasteiger partial charge in [0, 0.05) is 12.1 Å². The van der Waals surface area contributed by atoms with Gasteiger partial charge in [0.25, 0.3) is 0 Å². The molecule has 1 aliphatic heterocycles. The van der Waals surface area contributed by atoms with Gasteiger partial charge in [-0.2, -0.15) is 5.10 Å². The molecule has 154 valence electrons. The Labute approximate surface area is 176 Å². The molecule has 0 bridgehead atoms. The molecule has 6 rings (SSSR count). The molecule has 3 aromatic heterocycles. The van der Waals surface area contributed by atoms with Crippen LogP contribution in [0.15, 0.2) is 59.6 Å². The summed E-state index contributed by atoms with van der Waals surface area (Å²) in [5.41, 5.74) is 11.0. The van der Waals surface area contributed by atoms with Gasteiger partial charge in [0.15, 0.2) is 23.4 Å². The molecule has 3 N–H and O–H groups in total. The van der Waals surface area contributed by atoms with Gasteiger partial charge in [0.1, 0.15) is 23.4 Å². The van der Waals surface area contributed by atoms with E-state index >= 15 is 0 Å². The number of nitrogens with zero attached hydrogens (tertiary/aromatic N) is 5. The van der Waals surface area contributed by atoms with Crippen LogP contribution in [-0.4, -0.2) is 43.1 Å². The zero-order valence-corrected chi connectivity index (χ0v) is 16.5. The highest BCUT2D eigenvalue weighted by Crippen LogP contribution is 2.41. The number of rotatable bonds is 4. The number of aromatic nitrogens is 5. The third-order valence-electron chi connectivity index (χ3n) is 6.21. The number of benzene rings is 1. The zero-order chi connectivity index (χ0) is 21.1. The van der Waals surface area contributed by atoms with E-state index in [0.29, 0.717) is 28.1 Å². The van der Waals surface area contributed by atoms with Gasteiger partial charge in [-0.05, 0) is 36.1 Å². The highest BCUT2D eigenvalue weighted by molar-refractivity contribution is 5.99. The molecule has 1 aromatic carbocycles. The number of nitrogen functional groups attached to an aromatic ring is 1. The second-order valence-corrected chi connectivity index (χ2v) is 7.90. The van der Waals surface area contributed by atoms with Crippen molar-refractivity contribution in [1.82, 2.24) is 30.0 Å². The van der Waals surface area contributed by atoms with Gasteiger partial charge in [-0.15, -0.1) is 0 Å². The van der Waals surface area contributed by atoms with E-state index in [1.165, 1.54) is 18.8 Å². The number of anilines is 1. The van der Waals surface area contributed by atoms with E-state index < -0.39 is 0 Å². The van der Waals surface area contributed by atoms with Crippen LogP contribution in [0.1, 0.15) is 12.5 Å². The van der Waals surface area contributed by atoms with Gasteiger partial charge in [0.05, 0.1) is 17.5 Å². The van der Waals surface area contributed by atoms with Crippen molar-refractivity contribution in [3.8, 4) is 11.3 Å². The van der Waals surface area contributed by atoms with Crippen molar-refractivity contribution in [1.29, 1.82) is 0 Å². The summed E-state index contributed by atoms with van der Waals surface area (Å²) in [4.78, 5) is 25.1. The van der Waals surface area contributed by atoms with E-state index in [1.54, 1.807) is 0 Å². The van der Waals surface area contributed by atoms with Gasteiger partial charge in [-0.1, -0.05) is 18.7 Å². The van der Waals surface area contributed by atoms with Crippen LogP contribution in [0.25, 0.3) is 33.4 Å². The van der Waals surface area contributed by atoms with Crippen LogP contribution in [0.2, 0.25) is 0 Å². The number of fused-ring (bicyclic) bond motifs is 3. The Morgan fingerprint density at radius 2 is 2.23 bits per heavy atom. The zero-order valence-electron chi connectivity index (χ0n) is 16.5. The smallest absolute Gasteiger partial charge is 0.181 e. The first-order valence-electron chi connectivity index (χ1n) is 10.1. The minimum absolute atomic E-state index is 0.00709. The second kappa shape index (κ2) is 6.58. The van der Waals surface area contributed by atoms with E-state index in [2.05, 4.69) is 32.9 Å². The Kier molecular flexibility index (Phi) is 3.81. The van der Waals surface area contributed by atoms with Gasteiger partial charge >= 0.3 is 0 Å². The molecule has 31 heavy (non-hydrogen) atoms. The van der Waals surface area contributed by atoms with E-state index in [4.69, 9.17) is 15.2 Å². The van der Waals surface area contributed by atoms with Crippen molar-refractivity contribution in [2.24, 2.45) is 5.92 Å². The minimum atomic E-state index is -0.303. The van der Waals surface area contributed by atoms with E-state index in [9.17, 15) is 4.79 Å². The monoisotopic (exact) mass is 413 g/mol. The first-order chi connectivity index (χ1) is 15.1. The fourth-order valence-corrected chi connectivity index (χ4v) is 4.75. The first-order valence-corrected chi connectivity index (χ1v) is 10.1. The molecule has 0 saturated carbocycles. The van der Waals surface area contributed by atoms with E-state index in [1.807, 2.05) is 22.9 Å². The van der Waals surface area contributed by atoms with Crippen LogP contribution in [0.4, 0.5) is 5.82 Å². The summed E-state index contributed by atoms with van der Waals surface area (Å²) in [7, 11) is 0. The first kappa shape index (κ1) is 18.0. The number of oxazole rings is 1. The third-order valence-corrected chi connectivity index (χ3v) is 6.21. The fraction of sp³-hybridized carbons (Fsp3) is 0.227. The van der Waals surface area contributed by atoms with Gasteiger partial charge in [0.2, 0.25) is 0 Å². The summed E-state index contributed by atoms with van der Waals surface area (Å²) in [6.45, 7) is 4.39. The molecule has 0 radical (unpaired) electrons. The molecule has 1 saturated heterocycles. The molecular formula is C22H19N7O2. The van der Waals surface area contributed by atoms with E-state index in [0.717, 1.165) is 29.6 Å². The molecule has 2 aliphatic rings. The lowest BCUT2D eigenvalue weighted by Gasteiger charge is -2.12. The van der Waals surface area contributed by atoms with Crippen molar-refractivity contribution >= 4 is 33.7 Å². The van der Waals surface area contributed by atoms with Crippen LogP contribution in [0.3, 0.4) is 0 Å². The predicted octanol–water partition coefficient (Wildman–Crippen LogP) is 2.43. The molecule has 3 atom stereocenters. The molecule has 0 amide bonds. The quantitative estimate of drug-likeness (QED) is 0.386. The van der Waals surface area contributed by atoms with Crippen LogP contribution in [-0.2, 0) is 4.79 Å². The fourth-order valence-electron chi connectivity index (χ4n) is 4.75. The number of hydrogen-bond donors (Lipinski definition) is 2. The maximum atomic E-state index is 12.2. The maximum absolute atomic E-state index is 12.2. The highest BCUT2D eigenvalue weighted by Gasteiger charge is 2.40. The normalized spacial score (nSPS) is 22.7. The molecule has 9 nitrogen and oxygen atoms in total. The summed E-state index contributed by atoms with van der Waals surface area (Å²) in [6.07, 6.45) is 7.22. The van der Waals surface area contributed by atoms with Crippen molar-refractivity contribution in [2.45, 2.75) is 18.5 Å². The number of hydrogen-bond acceptors (Lipinski definition) is 8. The number of nitrogens with one attached hydrogen (secondary N) is 1. The van der Waals surface area contributed by atoms with Crippen molar-refractivity contribution in [3.63, 3.8) is 0 Å². The average Bonchev–Trinajstić information content (AvgIpc) is 3.54. The number of carbonyl (C=O) groups excluding carboxylic acids is 1. The number of nitrogens with two attached hydrogens (primary N) is 1. The van der Waals surface area contributed by atoms with Crippen molar-refractivity contribution in [2.75, 3.05) is 12.3 Å². The Morgan fingerprint density at radius 1 is 1.32 bits per heavy atom. The van der Waals surface area contributed by atoms with Crippen LogP contribution in [0.5, 0.6) is 0 Å². The third kappa shape index (κ3) is 2.63. The Balaban J connectivity index is 1.49. The van der Waals surface area contributed by atoms with Gasteiger partial charge in [-0.3, -0.25) is 4.79 Å². The van der Waals surface area contributed by atoms with E-state index in [-0.39, 0.29) is 23.8 Å². The van der Waals surface area contributed by atoms with Crippen molar-refractivity contribution in [3.05, 3.63) is 55.2 Å². The average molecular weight is 413 g/mol. The molecule has 1 aliphatic carbocycles. The number of carbonyl (C=O) groups is 1. The van der Waals surface area contributed by atoms with Crippen LogP contribution in [0, 0.1) is 5.92 Å². The van der Waals surface area contributed by atoms with Gasteiger partial charge in [-0.25, -0.2) is 19.6 Å². The second-order valence-electron chi connectivity index (χ2n) is 7.90. The largest absolute Gasteiger partial charge is 0.443 e. The predicted molar refractivity (Wildman–Crippen MR) is 115 cm³/mol. The standard InChI is InChI=1S/C22H19N7O2/c1-2-16(30)20-14-7-13(5-12(14)8-24-20)29-22-18(21(23)25-9-26-22)19(28-29)11-3-4-15-17(6-11)31-10-27-15/h2-4,6-7,9-10,12-13,20,24H,1,5,8H2,(H2,23,25,26). The summed E-state index contributed by atoms with van der Waals surface area (Å²) in [6, 6.07) is 5.39. The molecule has 1 fully saturated rings. The molecule has 4 aromatic rings. The summed E-state index contributed by atoms with van der Waals surface area (Å²) in [5, 5.41) is 8.91. The Bertz CT molecular complexity index is 1400. The number of ketones is 1. The topological polar surface area (TPSA) is 125 Å². The lowest BCUT2D eigenvalue weighted by molar-refractivity contribution is -0.115. The minimum Gasteiger partial charge on any atom is -0.443 e. The van der Waals surface area contributed by atoms with Gasteiger partial charge < -0.3 is 15.5 Å². The number of allylic oxidation sites excluding steroid dienone is 1. The maximum Gasteiger partial charge on any atom is 0.181 e. The molecular weight excluding hydrogens is 394 g/mol. The lowest BCUT2D eigenvalue weighted by atomic mass is 9.98. The molecule has 4 heterocycles. The van der Waals surface area contributed by atoms with Crippen molar-refractivity contribution < 1.29 is 9.21 Å². The summed E-state index contributed by atoms with van der Waals surface area (Å²) >= 11 is 0.